The standard InChI is InChI=1S/C30H31ClN8O5/c1-18(40)32-21-8-10-22(11-9-21)39-24(41)16-23(27(39)42)36-12-14-37(15-13-36)29-33-26-25(28(43)35(3)30(44)34(26)2)38(29)17-19-4-6-20(31)7-5-19/h4-11,23H,12-17H2,1-3H3,(H,32,40). The predicted octanol–water partition coefficient (Wildman–Crippen LogP) is 1.55. The van der Waals surface area contributed by atoms with Crippen LogP contribution in [0.1, 0.15) is 18.9 Å². The van der Waals surface area contributed by atoms with Gasteiger partial charge in [0.25, 0.3) is 11.5 Å². The van der Waals surface area contributed by atoms with E-state index in [0.29, 0.717) is 66.2 Å². The van der Waals surface area contributed by atoms with Crippen LogP contribution in [0.25, 0.3) is 11.2 Å². The topological polar surface area (TPSA) is 135 Å². The van der Waals surface area contributed by atoms with Crippen LogP contribution in [0.5, 0.6) is 0 Å². The highest BCUT2D eigenvalue weighted by Crippen LogP contribution is 2.29. The molecule has 2 aliphatic heterocycles. The molecule has 0 saturated carbocycles. The Hall–Kier alpha value is -4.75. The highest BCUT2D eigenvalue weighted by atomic mass is 35.5. The quantitative estimate of drug-likeness (QED) is 0.322. The Kier molecular flexibility index (Phi) is 7.59. The fraction of sp³-hybridized carbons (Fsp3) is 0.333. The first-order valence-corrected chi connectivity index (χ1v) is 14.6. The van der Waals surface area contributed by atoms with Crippen molar-refractivity contribution in [2.75, 3.05) is 41.3 Å². The van der Waals surface area contributed by atoms with E-state index in [0.717, 1.165) is 10.1 Å². The minimum absolute atomic E-state index is 0.0690. The second-order valence-electron chi connectivity index (χ2n) is 11.0. The number of aromatic nitrogens is 4. The van der Waals surface area contributed by atoms with Gasteiger partial charge in [-0.1, -0.05) is 23.7 Å². The number of hydrogen-bond acceptors (Lipinski definition) is 8. The molecule has 0 aliphatic carbocycles. The molecule has 3 amide bonds. The molecule has 13 nitrogen and oxygen atoms in total. The van der Waals surface area contributed by atoms with Gasteiger partial charge in [0, 0.05) is 57.9 Å². The SMILES string of the molecule is CC(=O)Nc1ccc(N2C(=O)CC(N3CCN(c4nc5c(c(=O)n(C)c(=O)n5C)n4Cc4ccc(Cl)cc4)CC3)C2=O)cc1. The molecule has 2 saturated heterocycles. The van der Waals surface area contributed by atoms with Gasteiger partial charge in [-0.3, -0.25) is 37.8 Å². The van der Waals surface area contributed by atoms with E-state index in [4.69, 9.17) is 16.6 Å². The van der Waals surface area contributed by atoms with Crippen molar-refractivity contribution in [3.8, 4) is 0 Å². The minimum atomic E-state index is -0.597. The number of piperazine rings is 1. The third-order valence-electron chi connectivity index (χ3n) is 8.19. The predicted molar refractivity (Wildman–Crippen MR) is 166 cm³/mol. The third kappa shape index (κ3) is 5.18. The van der Waals surface area contributed by atoms with Crippen LogP contribution in [0.3, 0.4) is 0 Å². The summed E-state index contributed by atoms with van der Waals surface area (Å²) in [6.45, 7) is 3.69. The summed E-state index contributed by atoms with van der Waals surface area (Å²) in [6.07, 6.45) is 0.0690. The van der Waals surface area contributed by atoms with Gasteiger partial charge in [0.2, 0.25) is 17.8 Å². The fourth-order valence-corrected chi connectivity index (χ4v) is 6.03. The zero-order valence-electron chi connectivity index (χ0n) is 24.5. The molecule has 1 atom stereocenters. The molecule has 228 valence electrons. The number of imidazole rings is 1. The van der Waals surface area contributed by atoms with Gasteiger partial charge in [-0.15, -0.1) is 0 Å². The highest BCUT2D eigenvalue weighted by molar-refractivity contribution is 6.30. The minimum Gasteiger partial charge on any atom is -0.340 e. The van der Waals surface area contributed by atoms with Crippen LogP contribution in [0, 0.1) is 0 Å². The van der Waals surface area contributed by atoms with E-state index in [2.05, 4.69) is 5.32 Å². The number of amides is 3. The molecule has 2 aromatic heterocycles. The molecule has 2 aliphatic rings. The Morgan fingerprint density at radius 1 is 0.932 bits per heavy atom. The maximum Gasteiger partial charge on any atom is 0.332 e. The van der Waals surface area contributed by atoms with E-state index in [-0.39, 0.29) is 24.1 Å². The normalized spacial score (nSPS) is 17.6. The summed E-state index contributed by atoms with van der Waals surface area (Å²) in [5.41, 5.74) is 1.65. The number of aryl methyl sites for hydroxylation is 1. The van der Waals surface area contributed by atoms with Crippen molar-refractivity contribution in [3.05, 3.63) is 80.0 Å². The van der Waals surface area contributed by atoms with Crippen LogP contribution in [0.2, 0.25) is 5.02 Å². The summed E-state index contributed by atoms with van der Waals surface area (Å²) in [5, 5.41) is 3.27. The number of halogens is 1. The number of imide groups is 1. The van der Waals surface area contributed by atoms with E-state index < -0.39 is 17.3 Å². The molecule has 14 heteroatoms. The molecule has 44 heavy (non-hydrogen) atoms. The third-order valence-corrected chi connectivity index (χ3v) is 8.44. The Morgan fingerprint density at radius 2 is 1.59 bits per heavy atom. The molecule has 1 unspecified atom stereocenters. The second kappa shape index (κ2) is 11.4. The first kappa shape index (κ1) is 29.3. The van der Waals surface area contributed by atoms with E-state index in [1.165, 1.54) is 23.4 Å². The lowest BCUT2D eigenvalue weighted by Gasteiger charge is -2.37. The number of fused-ring (bicyclic) bond motifs is 1. The lowest BCUT2D eigenvalue weighted by atomic mass is 10.1. The van der Waals surface area contributed by atoms with Crippen LogP contribution in [0.4, 0.5) is 17.3 Å². The van der Waals surface area contributed by atoms with Crippen molar-refractivity contribution in [2.24, 2.45) is 14.1 Å². The van der Waals surface area contributed by atoms with Crippen LogP contribution in [-0.4, -0.2) is 73.5 Å². The maximum absolute atomic E-state index is 13.5. The summed E-state index contributed by atoms with van der Waals surface area (Å²) < 4.78 is 4.27. The van der Waals surface area contributed by atoms with Gasteiger partial charge in [0.1, 0.15) is 0 Å². The van der Waals surface area contributed by atoms with Gasteiger partial charge in [0.15, 0.2) is 11.2 Å². The highest BCUT2D eigenvalue weighted by Gasteiger charge is 2.43. The van der Waals surface area contributed by atoms with Gasteiger partial charge in [-0.25, -0.2) is 9.69 Å². The number of anilines is 3. The summed E-state index contributed by atoms with van der Waals surface area (Å²) >= 11 is 6.09. The average Bonchev–Trinajstić information content (AvgIpc) is 3.53. The summed E-state index contributed by atoms with van der Waals surface area (Å²) in [5.74, 6) is -0.236. The number of carbonyl (C=O) groups is 3. The summed E-state index contributed by atoms with van der Waals surface area (Å²) in [4.78, 5) is 73.8. The van der Waals surface area contributed by atoms with Gasteiger partial charge in [-0.05, 0) is 42.0 Å². The van der Waals surface area contributed by atoms with Crippen molar-refractivity contribution in [2.45, 2.75) is 25.9 Å². The zero-order valence-corrected chi connectivity index (χ0v) is 25.2. The van der Waals surface area contributed by atoms with Crippen molar-refractivity contribution >= 4 is 57.8 Å². The smallest absolute Gasteiger partial charge is 0.332 e. The lowest BCUT2D eigenvalue weighted by molar-refractivity contribution is -0.123. The summed E-state index contributed by atoms with van der Waals surface area (Å²) in [6, 6.07) is 13.3. The van der Waals surface area contributed by atoms with Crippen LogP contribution in [0.15, 0.2) is 58.1 Å². The first-order chi connectivity index (χ1) is 21.0. The Bertz CT molecular complexity index is 1900. The van der Waals surface area contributed by atoms with Crippen molar-refractivity contribution in [1.29, 1.82) is 0 Å². The van der Waals surface area contributed by atoms with Crippen LogP contribution >= 0.6 is 11.6 Å². The lowest BCUT2D eigenvalue weighted by Crippen LogP contribution is -2.53. The summed E-state index contributed by atoms with van der Waals surface area (Å²) in [7, 11) is 3.04. The van der Waals surface area contributed by atoms with E-state index >= 15 is 0 Å². The number of rotatable bonds is 6. The molecule has 1 N–H and O–H groups in total. The van der Waals surface area contributed by atoms with Gasteiger partial charge in [0.05, 0.1) is 24.7 Å². The molecular formula is C30H31ClN8O5. The van der Waals surface area contributed by atoms with Gasteiger partial charge in [-0.2, -0.15) is 4.98 Å². The van der Waals surface area contributed by atoms with Crippen LogP contribution < -0.4 is 26.4 Å². The Morgan fingerprint density at radius 3 is 2.23 bits per heavy atom. The Labute approximate surface area is 256 Å². The van der Waals surface area contributed by atoms with E-state index in [1.54, 1.807) is 43.4 Å². The molecule has 6 rings (SSSR count). The largest absolute Gasteiger partial charge is 0.340 e. The molecule has 4 heterocycles. The van der Waals surface area contributed by atoms with E-state index in [9.17, 15) is 24.0 Å². The van der Waals surface area contributed by atoms with Crippen LogP contribution in [-0.2, 0) is 35.0 Å². The number of carbonyl (C=O) groups excluding carboxylic acids is 3. The average molecular weight is 619 g/mol. The number of hydrogen-bond donors (Lipinski definition) is 1. The molecule has 2 fully saturated rings. The second-order valence-corrected chi connectivity index (χ2v) is 11.5. The number of benzene rings is 2. The molecule has 0 bridgehead atoms. The van der Waals surface area contributed by atoms with E-state index in [1.807, 2.05) is 26.5 Å². The number of nitrogens with zero attached hydrogens (tertiary/aromatic N) is 7. The number of nitrogens with one attached hydrogen (secondary N) is 1. The molecule has 4 aromatic rings. The molecule has 0 spiro atoms. The molecule has 0 radical (unpaired) electrons. The Balaban J connectivity index is 1.24. The monoisotopic (exact) mass is 618 g/mol. The zero-order chi connectivity index (χ0) is 31.3. The van der Waals surface area contributed by atoms with Gasteiger partial charge >= 0.3 is 5.69 Å². The van der Waals surface area contributed by atoms with Crippen molar-refractivity contribution in [1.82, 2.24) is 23.6 Å². The maximum atomic E-state index is 13.5. The van der Waals surface area contributed by atoms with Crippen molar-refractivity contribution < 1.29 is 14.4 Å². The molecular weight excluding hydrogens is 588 g/mol. The first-order valence-electron chi connectivity index (χ1n) is 14.2. The molecule has 2 aromatic carbocycles. The fourth-order valence-electron chi connectivity index (χ4n) is 5.90. The van der Waals surface area contributed by atoms with Crippen molar-refractivity contribution in [3.63, 3.8) is 0 Å². The van der Waals surface area contributed by atoms with Gasteiger partial charge < -0.3 is 10.2 Å².